The quantitative estimate of drug-likeness (QED) is 0.175. The van der Waals surface area contributed by atoms with Gasteiger partial charge in [0.2, 0.25) is 0 Å². The van der Waals surface area contributed by atoms with Gasteiger partial charge >= 0.3 is 0 Å². The summed E-state index contributed by atoms with van der Waals surface area (Å²) in [6.07, 6.45) is 3.06. The van der Waals surface area contributed by atoms with Gasteiger partial charge in [-0.15, -0.1) is 10.2 Å². The van der Waals surface area contributed by atoms with Crippen molar-refractivity contribution in [1.82, 2.24) is 0 Å². The number of rotatable bonds is 8. The minimum absolute atomic E-state index is 0.807. The zero-order chi connectivity index (χ0) is 28.0. The first-order chi connectivity index (χ1) is 20.1. The molecule has 0 saturated carbocycles. The van der Waals surface area contributed by atoms with Gasteiger partial charge in [-0.3, -0.25) is 0 Å². The molecule has 6 rings (SSSR count). The Bertz CT molecular complexity index is 1870. The van der Waals surface area contributed by atoms with Crippen LogP contribution in [0, 0.1) is 6.92 Å². The minimum atomic E-state index is 0.807. The van der Waals surface area contributed by atoms with Crippen LogP contribution in [0.2, 0.25) is 0 Å². The van der Waals surface area contributed by atoms with Crippen molar-refractivity contribution < 1.29 is 0 Å². The third-order valence-corrected chi connectivity index (χ3v) is 7.47. The minimum Gasteiger partial charge on any atom is -0.151 e. The van der Waals surface area contributed by atoms with Crippen molar-refractivity contribution in [2.24, 2.45) is 20.5 Å². The van der Waals surface area contributed by atoms with Gasteiger partial charge in [0.15, 0.2) is 0 Å². The lowest BCUT2D eigenvalue weighted by Gasteiger charge is -2.06. The van der Waals surface area contributed by atoms with Gasteiger partial charge in [0.05, 0.1) is 22.7 Å². The molecule has 4 nitrogen and oxygen atoms in total. The molecule has 0 amide bonds. The van der Waals surface area contributed by atoms with Crippen LogP contribution in [0.25, 0.3) is 21.5 Å². The molecule has 0 saturated heterocycles. The van der Waals surface area contributed by atoms with E-state index in [1.165, 1.54) is 33.0 Å². The van der Waals surface area contributed by atoms with Crippen LogP contribution in [0.15, 0.2) is 142 Å². The van der Waals surface area contributed by atoms with E-state index in [1.54, 1.807) is 0 Å². The predicted molar refractivity (Wildman–Crippen MR) is 171 cm³/mol. The van der Waals surface area contributed by atoms with Gasteiger partial charge < -0.3 is 0 Å². The van der Waals surface area contributed by atoms with Gasteiger partial charge in [-0.1, -0.05) is 97.4 Å². The topological polar surface area (TPSA) is 49.4 Å². The van der Waals surface area contributed by atoms with Crippen LogP contribution < -0.4 is 0 Å². The molecule has 0 aliphatic rings. The Morgan fingerprint density at radius 2 is 0.951 bits per heavy atom. The molecule has 0 aliphatic carbocycles. The fraction of sp³-hybridized carbons (Fsp3) is 0.135. The van der Waals surface area contributed by atoms with E-state index in [0.29, 0.717) is 0 Å². The summed E-state index contributed by atoms with van der Waals surface area (Å²) in [6, 6.07) is 42.0. The summed E-state index contributed by atoms with van der Waals surface area (Å²) >= 11 is 0. The molecular weight excluding hydrogens is 500 g/mol. The highest BCUT2D eigenvalue weighted by Gasteiger charge is 2.06. The molecule has 41 heavy (non-hydrogen) atoms. The molecular formula is C37H32N4. The molecule has 0 bridgehead atoms. The Morgan fingerprint density at radius 3 is 1.54 bits per heavy atom. The third-order valence-electron chi connectivity index (χ3n) is 7.47. The highest BCUT2D eigenvalue weighted by atomic mass is 15.1. The lowest BCUT2D eigenvalue weighted by atomic mass is 9.99. The molecule has 0 aromatic heterocycles. The SMILES string of the molecule is CCc1ccc2cc(CCc3ccc(N=Nc4ccc(N=Nc5ccc(C)cc5)c5ccccc45)cc3)ccc2c1. The summed E-state index contributed by atoms with van der Waals surface area (Å²) in [4.78, 5) is 0. The second-order valence-corrected chi connectivity index (χ2v) is 10.4. The van der Waals surface area contributed by atoms with E-state index >= 15 is 0 Å². The van der Waals surface area contributed by atoms with Crippen molar-refractivity contribution in [2.75, 3.05) is 0 Å². The van der Waals surface area contributed by atoms with Crippen molar-refractivity contribution in [3.05, 3.63) is 144 Å². The van der Waals surface area contributed by atoms with Crippen molar-refractivity contribution >= 4 is 44.3 Å². The molecule has 0 unspecified atom stereocenters. The molecule has 0 spiro atoms. The predicted octanol–water partition coefficient (Wildman–Crippen LogP) is 11.5. The van der Waals surface area contributed by atoms with Crippen molar-refractivity contribution in [3.8, 4) is 0 Å². The van der Waals surface area contributed by atoms with Gasteiger partial charge in [0.1, 0.15) is 0 Å². The van der Waals surface area contributed by atoms with Gasteiger partial charge in [0.25, 0.3) is 0 Å². The monoisotopic (exact) mass is 532 g/mol. The lowest BCUT2D eigenvalue weighted by Crippen LogP contribution is -1.91. The smallest absolute Gasteiger partial charge is 0.0936 e. The maximum absolute atomic E-state index is 4.59. The molecule has 0 fully saturated rings. The van der Waals surface area contributed by atoms with Gasteiger partial charge in [-0.2, -0.15) is 10.2 Å². The van der Waals surface area contributed by atoms with Crippen molar-refractivity contribution in [3.63, 3.8) is 0 Å². The summed E-state index contributed by atoms with van der Waals surface area (Å²) in [6.45, 7) is 4.26. The summed E-state index contributed by atoms with van der Waals surface area (Å²) in [5, 5.41) is 22.7. The third kappa shape index (κ3) is 6.28. The first-order valence-corrected chi connectivity index (χ1v) is 14.2. The molecule has 200 valence electrons. The zero-order valence-electron chi connectivity index (χ0n) is 23.5. The van der Waals surface area contributed by atoms with E-state index in [9.17, 15) is 0 Å². The fourth-order valence-corrected chi connectivity index (χ4v) is 5.01. The number of hydrogen-bond acceptors (Lipinski definition) is 4. The van der Waals surface area contributed by atoms with E-state index in [2.05, 4.69) is 82.8 Å². The Balaban J connectivity index is 1.14. The molecule has 0 N–H and O–H groups in total. The standard InChI is InChI=1S/C37H32N4/c1-3-27-12-16-31-25-29(13-17-30(31)24-27)11-10-28-14-20-33(21-15-28)39-41-37-23-22-36(34-6-4-5-7-35(34)37)40-38-32-18-8-26(2)9-19-32/h4-9,12-25H,3,10-11H2,1-2H3. The van der Waals surface area contributed by atoms with E-state index in [4.69, 9.17) is 0 Å². The van der Waals surface area contributed by atoms with Crippen LogP contribution in [0.3, 0.4) is 0 Å². The lowest BCUT2D eigenvalue weighted by molar-refractivity contribution is 0.962. The van der Waals surface area contributed by atoms with Gasteiger partial charge in [-0.05, 0) is 90.0 Å². The van der Waals surface area contributed by atoms with Gasteiger partial charge in [-0.25, -0.2) is 0 Å². The summed E-state index contributed by atoms with van der Waals surface area (Å²) in [5.41, 5.74) is 8.51. The van der Waals surface area contributed by atoms with E-state index in [1.807, 2.05) is 72.8 Å². The Hall–Kier alpha value is -4.96. The number of azo groups is 2. The average Bonchev–Trinajstić information content (AvgIpc) is 3.03. The molecule has 0 aliphatic heterocycles. The highest BCUT2D eigenvalue weighted by Crippen LogP contribution is 2.35. The summed E-state index contributed by atoms with van der Waals surface area (Å²) in [7, 11) is 0. The Kier molecular flexibility index (Phi) is 7.72. The maximum atomic E-state index is 4.59. The first kappa shape index (κ1) is 26.3. The van der Waals surface area contributed by atoms with E-state index in [0.717, 1.165) is 52.8 Å². The number of benzene rings is 6. The van der Waals surface area contributed by atoms with Crippen LogP contribution in [-0.4, -0.2) is 0 Å². The Morgan fingerprint density at radius 1 is 0.463 bits per heavy atom. The number of aryl methyl sites for hydroxylation is 4. The molecule has 0 heterocycles. The normalized spacial score (nSPS) is 11.8. The number of fused-ring (bicyclic) bond motifs is 2. The second-order valence-electron chi connectivity index (χ2n) is 10.4. The van der Waals surface area contributed by atoms with Crippen LogP contribution >= 0.6 is 0 Å². The molecule has 0 atom stereocenters. The van der Waals surface area contributed by atoms with Crippen LogP contribution in [0.1, 0.15) is 29.2 Å². The summed E-state index contributed by atoms with van der Waals surface area (Å²) in [5.74, 6) is 0. The van der Waals surface area contributed by atoms with E-state index < -0.39 is 0 Å². The average molecular weight is 533 g/mol. The second kappa shape index (κ2) is 12.1. The zero-order valence-corrected chi connectivity index (χ0v) is 23.5. The van der Waals surface area contributed by atoms with E-state index in [-0.39, 0.29) is 0 Å². The first-order valence-electron chi connectivity index (χ1n) is 14.2. The van der Waals surface area contributed by atoms with Crippen molar-refractivity contribution in [2.45, 2.75) is 33.1 Å². The Labute approximate surface area is 241 Å². The highest BCUT2D eigenvalue weighted by molar-refractivity contribution is 5.99. The van der Waals surface area contributed by atoms with Crippen LogP contribution in [0.4, 0.5) is 22.7 Å². The van der Waals surface area contributed by atoms with Gasteiger partial charge in [0, 0.05) is 10.8 Å². The maximum Gasteiger partial charge on any atom is 0.0936 e. The number of nitrogens with zero attached hydrogens (tertiary/aromatic N) is 4. The van der Waals surface area contributed by atoms with Crippen molar-refractivity contribution in [1.29, 1.82) is 0 Å². The molecule has 6 aromatic carbocycles. The molecule has 6 aromatic rings. The van der Waals surface area contributed by atoms with Crippen LogP contribution in [-0.2, 0) is 19.3 Å². The largest absolute Gasteiger partial charge is 0.151 e. The number of hydrogen-bond donors (Lipinski definition) is 0. The summed E-state index contributed by atoms with van der Waals surface area (Å²) < 4.78 is 0. The molecule has 4 heteroatoms. The fourth-order valence-electron chi connectivity index (χ4n) is 5.01. The molecule has 0 radical (unpaired) electrons. The van der Waals surface area contributed by atoms with Crippen LogP contribution in [0.5, 0.6) is 0 Å².